The lowest BCUT2D eigenvalue weighted by atomic mass is 10.1. The summed E-state index contributed by atoms with van der Waals surface area (Å²) in [6.07, 6.45) is 1.16. The Morgan fingerprint density at radius 1 is 1.43 bits per heavy atom. The van der Waals surface area contributed by atoms with Crippen LogP contribution in [0.5, 0.6) is 0 Å². The normalized spacial score (nSPS) is 26.9. The van der Waals surface area contributed by atoms with Crippen molar-refractivity contribution in [1.82, 2.24) is 4.98 Å². The van der Waals surface area contributed by atoms with Crippen molar-refractivity contribution >= 4 is 5.82 Å². The Bertz CT molecular complexity index is 327. The van der Waals surface area contributed by atoms with Gasteiger partial charge in [-0.2, -0.15) is 4.39 Å². The first-order valence-electron chi connectivity index (χ1n) is 5.06. The zero-order valence-corrected chi connectivity index (χ0v) is 8.57. The maximum Gasteiger partial charge on any atom is 0.214 e. The van der Waals surface area contributed by atoms with Gasteiger partial charge < -0.3 is 4.90 Å². The van der Waals surface area contributed by atoms with E-state index < -0.39 is 5.95 Å². The third-order valence-corrected chi connectivity index (χ3v) is 2.78. The molecule has 0 saturated carbocycles. The van der Waals surface area contributed by atoms with E-state index in [1.807, 2.05) is 6.07 Å². The smallest absolute Gasteiger partial charge is 0.214 e. The number of hydrogen-bond donors (Lipinski definition) is 0. The minimum Gasteiger partial charge on any atom is -0.354 e. The molecule has 0 radical (unpaired) electrons. The molecule has 14 heavy (non-hydrogen) atoms. The van der Waals surface area contributed by atoms with E-state index in [1.165, 1.54) is 6.07 Å². The highest BCUT2D eigenvalue weighted by Crippen LogP contribution is 2.26. The number of anilines is 1. The lowest BCUT2D eigenvalue weighted by molar-refractivity contribution is 0.579. The molecule has 3 heteroatoms. The maximum absolute atomic E-state index is 12.9. The van der Waals surface area contributed by atoms with E-state index in [4.69, 9.17) is 0 Å². The number of hydrogen-bond acceptors (Lipinski definition) is 2. The highest BCUT2D eigenvalue weighted by Gasteiger charge is 2.26. The van der Waals surface area contributed by atoms with E-state index in [0.29, 0.717) is 12.0 Å². The lowest BCUT2D eigenvalue weighted by Gasteiger charge is -2.22. The second kappa shape index (κ2) is 3.56. The molecule has 76 valence electrons. The molecule has 1 saturated heterocycles. The van der Waals surface area contributed by atoms with Crippen molar-refractivity contribution in [2.24, 2.45) is 5.92 Å². The summed E-state index contributed by atoms with van der Waals surface area (Å²) >= 11 is 0. The zero-order chi connectivity index (χ0) is 10.1. The Labute approximate surface area is 83.8 Å². The van der Waals surface area contributed by atoms with Crippen LogP contribution in [0, 0.1) is 11.9 Å². The van der Waals surface area contributed by atoms with Crippen molar-refractivity contribution in [3.05, 3.63) is 24.1 Å². The highest BCUT2D eigenvalue weighted by atomic mass is 19.1. The average Bonchev–Trinajstić information content (AvgIpc) is 2.45. The molecule has 1 aliphatic heterocycles. The SMILES string of the molecule is CC1CC(C)N(c2cccc(F)n2)C1. The van der Waals surface area contributed by atoms with Gasteiger partial charge in [-0.3, -0.25) is 0 Å². The standard InChI is InChI=1S/C11H15FN2/c1-8-6-9(2)14(7-8)11-5-3-4-10(12)13-11/h3-5,8-9H,6-7H2,1-2H3. The van der Waals surface area contributed by atoms with Gasteiger partial charge in [-0.25, -0.2) is 4.98 Å². The molecule has 1 aromatic heterocycles. The van der Waals surface area contributed by atoms with Crippen LogP contribution in [0.25, 0.3) is 0 Å². The Hall–Kier alpha value is -1.12. The summed E-state index contributed by atoms with van der Waals surface area (Å²) in [7, 11) is 0. The summed E-state index contributed by atoms with van der Waals surface area (Å²) in [5, 5.41) is 0. The van der Waals surface area contributed by atoms with Crippen molar-refractivity contribution in [3.63, 3.8) is 0 Å². The van der Waals surface area contributed by atoms with Crippen molar-refractivity contribution < 1.29 is 4.39 Å². The van der Waals surface area contributed by atoms with Gasteiger partial charge in [0, 0.05) is 12.6 Å². The molecular formula is C11H15FN2. The van der Waals surface area contributed by atoms with Gasteiger partial charge in [0.1, 0.15) is 5.82 Å². The van der Waals surface area contributed by atoms with Gasteiger partial charge in [-0.05, 0) is 31.4 Å². The van der Waals surface area contributed by atoms with Crippen molar-refractivity contribution in [2.45, 2.75) is 26.3 Å². The summed E-state index contributed by atoms with van der Waals surface area (Å²) < 4.78 is 12.9. The number of nitrogens with zero attached hydrogens (tertiary/aromatic N) is 2. The Morgan fingerprint density at radius 2 is 2.21 bits per heavy atom. The van der Waals surface area contributed by atoms with E-state index >= 15 is 0 Å². The molecule has 0 amide bonds. The largest absolute Gasteiger partial charge is 0.354 e. The zero-order valence-electron chi connectivity index (χ0n) is 8.57. The molecule has 0 aliphatic carbocycles. The summed E-state index contributed by atoms with van der Waals surface area (Å²) in [4.78, 5) is 6.07. The van der Waals surface area contributed by atoms with Crippen molar-refractivity contribution in [2.75, 3.05) is 11.4 Å². The molecule has 0 bridgehead atoms. The maximum atomic E-state index is 12.9. The van der Waals surface area contributed by atoms with Crippen LogP contribution in [0.15, 0.2) is 18.2 Å². The molecule has 2 nitrogen and oxygen atoms in total. The fraction of sp³-hybridized carbons (Fsp3) is 0.545. The van der Waals surface area contributed by atoms with Gasteiger partial charge in [0.15, 0.2) is 0 Å². The predicted molar refractivity (Wildman–Crippen MR) is 54.8 cm³/mol. The summed E-state index contributed by atoms with van der Waals surface area (Å²) in [5.74, 6) is 1.05. The molecule has 2 unspecified atom stereocenters. The number of rotatable bonds is 1. The van der Waals surface area contributed by atoms with Crippen LogP contribution in [0.2, 0.25) is 0 Å². The molecule has 1 aliphatic rings. The second-order valence-corrected chi connectivity index (χ2v) is 4.16. The van der Waals surface area contributed by atoms with E-state index in [9.17, 15) is 4.39 Å². The van der Waals surface area contributed by atoms with Crippen molar-refractivity contribution in [1.29, 1.82) is 0 Å². The van der Waals surface area contributed by atoms with Gasteiger partial charge in [-0.1, -0.05) is 13.0 Å². The number of pyridine rings is 1. The van der Waals surface area contributed by atoms with Gasteiger partial charge in [0.2, 0.25) is 5.95 Å². The van der Waals surface area contributed by atoms with Crippen LogP contribution >= 0.6 is 0 Å². The van der Waals surface area contributed by atoms with E-state index in [0.717, 1.165) is 18.8 Å². The molecule has 2 heterocycles. The summed E-state index contributed by atoms with van der Waals surface area (Å²) in [6, 6.07) is 5.44. The molecule has 1 fully saturated rings. The molecular weight excluding hydrogens is 179 g/mol. The molecule has 1 aromatic rings. The van der Waals surface area contributed by atoms with Crippen LogP contribution in [0.1, 0.15) is 20.3 Å². The van der Waals surface area contributed by atoms with E-state index in [-0.39, 0.29) is 0 Å². The first-order chi connectivity index (χ1) is 6.66. The molecule has 2 atom stereocenters. The van der Waals surface area contributed by atoms with Crippen LogP contribution in [-0.4, -0.2) is 17.6 Å². The summed E-state index contributed by atoms with van der Waals surface area (Å²) in [5.41, 5.74) is 0. The fourth-order valence-electron chi connectivity index (χ4n) is 2.18. The van der Waals surface area contributed by atoms with Crippen LogP contribution < -0.4 is 4.90 Å². The third kappa shape index (κ3) is 1.72. The Kier molecular flexibility index (Phi) is 2.40. The van der Waals surface area contributed by atoms with Crippen LogP contribution in [0.4, 0.5) is 10.2 Å². The Balaban J connectivity index is 2.23. The molecule has 2 rings (SSSR count). The van der Waals surface area contributed by atoms with Gasteiger partial charge in [-0.15, -0.1) is 0 Å². The lowest BCUT2D eigenvalue weighted by Crippen LogP contribution is -2.27. The van der Waals surface area contributed by atoms with Gasteiger partial charge in [0.05, 0.1) is 0 Å². The van der Waals surface area contributed by atoms with Gasteiger partial charge >= 0.3 is 0 Å². The predicted octanol–water partition coefficient (Wildman–Crippen LogP) is 2.46. The first kappa shape index (κ1) is 9.44. The quantitative estimate of drug-likeness (QED) is 0.638. The topological polar surface area (TPSA) is 16.1 Å². The minimum atomic E-state index is -0.394. The summed E-state index contributed by atoms with van der Waals surface area (Å²) in [6.45, 7) is 5.36. The first-order valence-corrected chi connectivity index (χ1v) is 5.06. The number of aromatic nitrogens is 1. The van der Waals surface area contributed by atoms with E-state index in [2.05, 4.69) is 23.7 Å². The van der Waals surface area contributed by atoms with Crippen molar-refractivity contribution in [3.8, 4) is 0 Å². The van der Waals surface area contributed by atoms with E-state index in [1.54, 1.807) is 6.07 Å². The number of halogens is 1. The monoisotopic (exact) mass is 194 g/mol. The molecule has 0 N–H and O–H groups in total. The average molecular weight is 194 g/mol. The van der Waals surface area contributed by atoms with Crippen LogP contribution in [-0.2, 0) is 0 Å². The Morgan fingerprint density at radius 3 is 2.79 bits per heavy atom. The van der Waals surface area contributed by atoms with Crippen LogP contribution in [0.3, 0.4) is 0 Å². The highest BCUT2D eigenvalue weighted by molar-refractivity contribution is 5.40. The minimum absolute atomic E-state index is 0.394. The second-order valence-electron chi connectivity index (χ2n) is 4.16. The third-order valence-electron chi connectivity index (χ3n) is 2.78. The molecule has 0 spiro atoms. The molecule has 0 aromatic carbocycles. The fourth-order valence-corrected chi connectivity index (χ4v) is 2.18. The van der Waals surface area contributed by atoms with Gasteiger partial charge in [0.25, 0.3) is 0 Å².